The Morgan fingerprint density at radius 1 is 1.00 bits per heavy atom. The minimum Gasteiger partial charge on any atom is -0.493 e. The Balaban J connectivity index is 1.97. The number of nitrogens with one attached hydrogen (secondary N) is 1. The molecule has 3 amide bonds. The van der Waals surface area contributed by atoms with E-state index < -0.39 is 36.3 Å². The van der Waals surface area contributed by atoms with Crippen LogP contribution in [0, 0.1) is 0 Å². The van der Waals surface area contributed by atoms with Crippen molar-refractivity contribution in [2.45, 2.75) is 13.0 Å². The predicted octanol–water partition coefficient (Wildman–Crippen LogP) is 3.06. The van der Waals surface area contributed by atoms with Gasteiger partial charge in [0.15, 0.2) is 17.2 Å². The van der Waals surface area contributed by atoms with Crippen LogP contribution in [-0.4, -0.2) is 55.4 Å². The van der Waals surface area contributed by atoms with E-state index in [1.807, 2.05) is 18.2 Å². The molecule has 0 aliphatic rings. The molecule has 0 radical (unpaired) electrons. The molecule has 0 bridgehead atoms. The second-order valence-corrected chi connectivity index (χ2v) is 9.62. The lowest BCUT2D eigenvalue weighted by atomic mass is 9.99. The Morgan fingerprint density at radius 3 is 2.38 bits per heavy atom. The van der Waals surface area contributed by atoms with Crippen molar-refractivity contribution in [1.82, 2.24) is 9.69 Å². The number of anilines is 2. The molecule has 1 atom stereocenters. The zero-order chi connectivity index (χ0) is 30.4. The lowest BCUT2D eigenvalue weighted by Crippen LogP contribution is -2.45. The fraction of sp³-hybridized carbons (Fsp3) is 0.207. The summed E-state index contributed by atoms with van der Waals surface area (Å²) in [6, 6.07) is 16.0. The number of aromatic nitrogens is 1. The summed E-state index contributed by atoms with van der Waals surface area (Å²) in [7, 11) is 2.91. The quantitative estimate of drug-likeness (QED) is 0.221. The van der Waals surface area contributed by atoms with Gasteiger partial charge in [-0.1, -0.05) is 42.5 Å². The van der Waals surface area contributed by atoms with Gasteiger partial charge in [0.25, 0.3) is 11.8 Å². The van der Waals surface area contributed by atoms with Gasteiger partial charge in [-0.2, -0.15) is 4.37 Å². The second-order valence-electron chi connectivity index (χ2n) is 8.85. The first-order chi connectivity index (χ1) is 20.2. The number of esters is 1. The highest BCUT2D eigenvalue weighted by molar-refractivity contribution is 7.09. The molecular formula is C29H29N5O7S. The van der Waals surface area contributed by atoms with Crippen LogP contribution < -0.4 is 31.2 Å². The molecule has 0 aliphatic carbocycles. The van der Waals surface area contributed by atoms with Gasteiger partial charge in [-0.3, -0.25) is 24.1 Å². The lowest BCUT2D eigenvalue weighted by Gasteiger charge is -2.32. The number of nitrogen functional groups attached to an aromatic ring is 1. The molecule has 4 aromatic rings. The van der Waals surface area contributed by atoms with Gasteiger partial charge in [0.2, 0.25) is 5.91 Å². The third-order valence-corrected chi connectivity index (χ3v) is 7.19. The van der Waals surface area contributed by atoms with E-state index in [2.05, 4.69) is 9.69 Å². The number of hydrogen-bond acceptors (Lipinski definition) is 10. The SMILES string of the molecule is CCOC(=O)CNC(=O)[C@H](c1ccc(OC)c(OC)c1)N(C(=O)c1snc(C(N)=O)c1N)c1cccc2ccccc12. The summed E-state index contributed by atoms with van der Waals surface area (Å²) in [5.41, 5.74) is 11.8. The fourth-order valence-electron chi connectivity index (χ4n) is 4.43. The number of carbonyl (C=O) groups is 4. The van der Waals surface area contributed by atoms with Crippen LogP contribution in [0.4, 0.5) is 11.4 Å². The van der Waals surface area contributed by atoms with Gasteiger partial charge < -0.3 is 31.0 Å². The zero-order valence-corrected chi connectivity index (χ0v) is 23.9. The molecule has 42 heavy (non-hydrogen) atoms. The summed E-state index contributed by atoms with van der Waals surface area (Å²) in [6.07, 6.45) is 0. The largest absolute Gasteiger partial charge is 0.493 e. The van der Waals surface area contributed by atoms with Crippen molar-refractivity contribution in [3.05, 3.63) is 76.8 Å². The number of carbonyl (C=O) groups excluding carboxylic acids is 4. The third kappa shape index (κ3) is 5.95. The molecule has 3 aromatic carbocycles. The van der Waals surface area contributed by atoms with E-state index in [4.69, 9.17) is 25.7 Å². The van der Waals surface area contributed by atoms with Crippen molar-refractivity contribution in [2.75, 3.05) is 38.0 Å². The Bertz CT molecular complexity index is 1650. The molecule has 1 heterocycles. The van der Waals surface area contributed by atoms with Crippen LogP contribution in [0.5, 0.6) is 11.5 Å². The molecule has 0 saturated heterocycles. The van der Waals surface area contributed by atoms with Crippen LogP contribution in [0.25, 0.3) is 10.8 Å². The van der Waals surface area contributed by atoms with Crippen LogP contribution in [-0.2, 0) is 14.3 Å². The first kappa shape index (κ1) is 29.8. The van der Waals surface area contributed by atoms with Crippen molar-refractivity contribution in [3.63, 3.8) is 0 Å². The summed E-state index contributed by atoms with van der Waals surface area (Å²) in [6.45, 7) is 1.33. The molecule has 0 fully saturated rings. The maximum absolute atomic E-state index is 14.4. The monoisotopic (exact) mass is 591 g/mol. The van der Waals surface area contributed by atoms with Gasteiger partial charge >= 0.3 is 5.97 Å². The van der Waals surface area contributed by atoms with Crippen LogP contribution in [0.15, 0.2) is 60.7 Å². The Labute approximate surface area is 245 Å². The van der Waals surface area contributed by atoms with E-state index in [9.17, 15) is 19.2 Å². The maximum Gasteiger partial charge on any atom is 0.325 e. The van der Waals surface area contributed by atoms with Crippen molar-refractivity contribution >= 4 is 57.4 Å². The number of amides is 3. The summed E-state index contributed by atoms with van der Waals surface area (Å²) in [4.78, 5) is 53.6. The number of nitrogens with two attached hydrogens (primary N) is 2. The Kier molecular flexibility index (Phi) is 9.22. The predicted molar refractivity (Wildman–Crippen MR) is 158 cm³/mol. The van der Waals surface area contributed by atoms with E-state index in [0.29, 0.717) is 39.7 Å². The molecule has 218 valence electrons. The highest BCUT2D eigenvalue weighted by Crippen LogP contribution is 2.39. The van der Waals surface area contributed by atoms with Crippen molar-refractivity contribution in [1.29, 1.82) is 0 Å². The number of ether oxygens (including phenoxy) is 3. The van der Waals surface area contributed by atoms with Gasteiger partial charge in [0.1, 0.15) is 17.5 Å². The molecule has 4 rings (SSSR count). The number of fused-ring (bicyclic) bond motifs is 1. The fourth-order valence-corrected chi connectivity index (χ4v) is 5.17. The van der Waals surface area contributed by atoms with Crippen LogP contribution >= 0.6 is 11.5 Å². The average molecular weight is 592 g/mol. The second kappa shape index (κ2) is 13.0. The molecule has 0 spiro atoms. The topological polar surface area (TPSA) is 176 Å². The smallest absolute Gasteiger partial charge is 0.325 e. The molecule has 1 aromatic heterocycles. The number of methoxy groups -OCH3 is 2. The van der Waals surface area contributed by atoms with Gasteiger partial charge in [-0.05, 0) is 47.6 Å². The van der Waals surface area contributed by atoms with Crippen LogP contribution in [0.3, 0.4) is 0 Å². The number of rotatable bonds is 11. The normalized spacial score (nSPS) is 11.4. The van der Waals surface area contributed by atoms with Gasteiger partial charge in [-0.25, -0.2) is 0 Å². The molecule has 12 nitrogen and oxygen atoms in total. The molecule has 0 saturated carbocycles. The van der Waals surface area contributed by atoms with Gasteiger partial charge in [0.05, 0.1) is 32.2 Å². The number of hydrogen-bond donors (Lipinski definition) is 3. The highest BCUT2D eigenvalue weighted by Gasteiger charge is 2.37. The molecule has 0 unspecified atom stereocenters. The standard InChI is InChI=1S/C29H29N5O7S/c1-4-41-22(35)15-32-28(37)25(17-12-13-20(39-2)21(14-17)40-3)34(19-11-7-9-16-8-5-6-10-18(16)19)29(38)26-23(30)24(27(31)36)33-42-26/h5-14,25H,4,15,30H2,1-3H3,(H2,31,36)(H,32,37)/t25-/m0/s1. The van der Waals surface area contributed by atoms with Gasteiger partial charge in [-0.15, -0.1) is 0 Å². The zero-order valence-electron chi connectivity index (χ0n) is 23.1. The number of benzene rings is 3. The summed E-state index contributed by atoms with van der Waals surface area (Å²) in [5.74, 6) is -2.28. The molecule has 5 N–H and O–H groups in total. The Morgan fingerprint density at radius 2 is 1.71 bits per heavy atom. The van der Waals surface area contributed by atoms with E-state index in [1.54, 1.807) is 49.4 Å². The van der Waals surface area contributed by atoms with Crippen LogP contribution in [0.2, 0.25) is 0 Å². The molecule has 13 heteroatoms. The van der Waals surface area contributed by atoms with E-state index in [0.717, 1.165) is 5.39 Å². The minimum absolute atomic E-state index is 0.0968. The summed E-state index contributed by atoms with van der Waals surface area (Å²) in [5, 5.41) is 4.02. The lowest BCUT2D eigenvalue weighted by molar-refractivity contribution is -0.143. The Hall–Kier alpha value is -5.17. The molecule has 0 aliphatic heterocycles. The maximum atomic E-state index is 14.4. The summed E-state index contributed by atoms with van der Waals surface area (Å²) >= 11 is 0.686. The number of primary amides is 1. The average Bonchev–Trinajstić information content (AvgIpc) is 3.39. The van der Waals surface area contributed by atoms with E-state index >= 15 is 0 Å². The van der Waals surface area contributed by atoms with E-state index in [1.165, 1.54) is 19.1 Å². The molecular weight excluding hydrogens is 562 g/mol. The highest BCUT2D eigenvalue weighted by atomic mass is 32.1. The van der Waals surface area contributed by atoms with E-state index in [-0.39, 0.29) is 22.9 Å². The first-order valence-electron chi connectivity index (χ1n) is 12.7. The van der Waals surface area contributed by atoms with Crippen LogP contribution in [0.1, 0.15) is 38.7 Å². The summed E-state index contributed by atoms with van der Waals surface area (Å²) < 4.78 is 19.8. The van der Waals surface area contributed by atoms with Crippen molar-refractivity contribution in [3.8, 4) is 11.5 Å². The van der Waals surface area contributed by atoms with Crippen molar-refractivity contribution in [2.24, 2.45) is 5.73 Å². The van der Waals surface area contributed by atoms with Crippen molar-refractivity contribution < 1.29 is 33.4 Å². The number of nitrogens with zero attached hydrogens (tertiary/aromatic N) is 2. The minimum atomic E-state index is -1.36. The third-order valence-electron chi connectivity index (χ3n) is 6.34. The first-order valence-corrected chi connectivity index (χ1v) is 13.5. The van der Waals surface area contributed by atoms with Gasteiger partial charge in [0, 0.05) is 5.39 Å².